The van der Waals surface area contributed by atoms with Crippen molar-refractivity contribution in [2.75, 3.05) is 20.2 Å². The van der Waals surface area contributed by atoms with Gasteiger partial charge in [0, 0.05) is 0 Å². The van der Waals surface area contributed by atoms with Gasteiger partial charge < -0.3 is 10.1 Å². The van der Waals surface area contributed by atoms with E-state index >= 15 is 0 Å². The van der Waals surface area contributed by atoms with E-state index in [4.69, 9.17) is 4.74 Å². The van der Waals surface area contributed by atoms with Crippen LogP contribution in [0.15, 0.2) is 18.2 Å². The maximum Gasteiger partial charge on any atom is 0.122 e. The first-order valence-electron chi connectivity index (χ1n) is 5.66. The fraction of sp³-hybridized carbons (Fsp3) is 0.538. The second-order valence-corrected chi connectivity index (χ2v) is 4.76. The van der Waals surface area contributed by atoms with Crippen LogP contribution in [0.4, 0.5) is 0 Å². The van der Waals surface area contributed by atoms with Crippen LogP contribution in [0.2, 0.25) is 0 Å². The van der Waals surface area contributed by atoms with Crippen LogP contribution in [0.25, 0.3) is 0 Å². The molecule has 1 aromatic rings. The average molecular weight is 203 g/mol. The first-order chi connectivity index (χ1) is 7.31. The van der Waals surface area contributed by atoms with E-state index in [2.05, 4.69) is 30.4 Å². The molecule has 80 valence electrons. The van der Waals surface area contributed by atoms with E-state index < -0.39 is 0 Å². The molecule has 0 spiro atoms. The molecule has 1 N–H and O–H groups in total. The number of hydrogen-bond donors (Lipinski definition) is 1. The second-order valence-electron chi connectivity index (χ2n) is 4.76. The lowest BCUT2D eigenvalue weighted by atomic mass is 10.0. The molecule has 1 heterocycles. The lowest BCUT2D eigenvalue weighted by Gasteiger charge is -2.11. The number of ether oxygens (including phenoxy) is 1. The van der Waals surface area contributed by atoms with Gasteiger partial charge in [-0.15, -0.1) is 0 Å². The van der Waals surface area contributed by atoms with Crippen molar-refractivity contribution in [3.63, 3.8) is 0 Å². The van der Waals surface area contributed by atoms with Crippen molar-refractivity contribution < 1.29 is 4.74 Å². The molecule has 2 fully saturated rings. The molecule has 1 aliphatic carbocycles. The first kappa shape index (κ1) is 9.22. The van der Waals surface area contributed by atoms with Crippen LogP contribution in [0, 0.1) is 18.8 Å². The molecule has 1 saturated carbocycles. The first-order valence-corrected chi connectivity index (χ1v) is 5.66. The number of piperidine rings is 1. The largest absolute Gasteiger partial charge is 0.496 e. The fourth-order valence-electron chi connectivity index (χ4n) is 2.97. The van der Waals surface area contributed by atoms with Crippen LogP contribution in [0.1, 0.15) is 17.0 Å². The van der Waals surface area contributed by atoms with Gasteiger partial charge in [0.05, 0.1) is 7.11 Å². The van der Waals surface area contributed by atoms with Crippen molar-refractivity contribution in [2.45, 2.75) is 12.8 Å². The minimum atomic E-state index is 0.752. The molecule has 2 atom stereocenters. The van der Waals surface area contributed by atoms with Gasteiger partial charge in [0.25, 0.3) is 0 Å². The van der Waals surface area contributed by atoms with Crippen LogP contribution in [-0.4, -0.2) is 20.2 Å². The number of rotatable bonds is 2. The molecule has 1 aromatic carbocycles. The van der Waals surface area contributed by atoms with Gasteiger partial charge >= 0.3 is 0 Å². The van der Waals surface area contributed by atoms with E-state index in [0.29, 0.717) is 0 Å². The zero-order chi connectivity index (χ0) is 10.4. The van der Waals surface area contributed by atoms with Gasteiger partial charge in [-0.2, -0.15) is 0 Å². The zero-order valence-electron chi connectivity index (χ0n) is 9.29. The minimum Gasteiger partial charge on any atom is -0.496 e. The summed E-state index contributed by atoms with van der Waals surface area (Å²) in [5.74, 6) is 3.56. The van der Waals surface area contributed by atoms with Crippen molar-refractivity contribution >= 4 is 0 Å². The van der Waals surface area contributed by atoms with Crippen LogP contribution >= 0.6 is 0 Å². The van der Waals surface area contributed by atoms with Crippen molar-refractivity contribution in [1.82, 2.24) is 5.32 Å². The number of fused-ring (bicyclic) bond motifs is 1. The van der Waals surface area contributed by atoms with Crippen molar-refractivity contribution in [3.05, 3.63) is 29.3 Å². The van der Waals surface area contributed by atoms with E-state index in [1.165, 1.54) is 24.2 Å². The SMILES string of the molecule is COc1cc(C)ccc1C1C2CNCC21. The Morgan fingerprint density at radius 1 is 1.27 bits per heavy atom. The molecule has 0 radical (unpaired) electrons. The summed E-state index contributed by atoms with van der Waals surface area (Å²) in [6.07, 6.45) is 0. The minimum absolute atomic E-state index is 0.752. The third kappa shape index (κ3) is 1.36. The summed E-state index contributed by atoms with van der Waals surface area (Å²) in [7, 11) is 1.77. The average Bonchev–Trinajstić information content (AvgIpc) is 2.72. The standard InChI is InChI=1S/C13H17NO/c1-8-3-4-9(12(5-8)15-2)13-10-6-14-7-11(10)13/h3-5,10-11,13-14H,6-7H2,1-2H3. The summed E-state index contributed by atoms with van der Waals surface area (Å²) >= 11 is 0. The molecule has 0 amide bonds. The predicted octanol–water partition coefficient (Wildman–Crippen LogP) is 1.94. The number of nitrogens with one attached hydrogen (secondary N) is 1. The van der Waals surface area contributed by atoms with Gasteiger partial charge in [0.1, 0.15) is 5.75 Å². The van der Waals surface area contributed by atoms with Gasteiger partial charge in [0.15, 0.2) is 0 Å². The normalized spacial score (nSPS) is 32.5. The maximum atomic E-state index is 5.47. The van der Waals surface area contributed by atoms with E-state index in [0.717, 1.165) is 23.5 Å². The lowest BCUT2D eigenvalue weighted by Crippen LogP contribution is -2.14. The molecular weight excluding hydrogens is 186 g/mol. The number of benzene rings is 1. The highest BCUT2D eigenvalue weighted by Gasteiger charge is 2.54. The molecule has 2 unspecified atom stereocenters. The Morgan fingerprint density at radius 3 is 2.67 bits per heavy atom. The van der Waals surface area contributed by atoms with Gasteiger partial charge in [-0.1, -0.05) is 12.1 Å². The molecule has 2 aliphatic rings. The number of aryl methyl sites for hydroxylation is 1. The van der Waals surface area contributed by atoms with Crippen LogP contribution in [-0.2, 0) is 0 Å². The molecule has 2 heteroatoms. The highest BCUT2D eigenvalue weighted by Crippen LogP contribution is 2.57. The molecule has 1 saturated heterocycles. The van der Waals surface area contributed by atoms with Crippen LogP contribution < -0.4 is 10.1 Å². The van der Waals surface area contributed by atoms with E-state index in [9.17, 15) is 0 Å². The Morgan fingerprint density at radius 2 is 2.00 bits per heavy atom. The van der Waals surface area contributed by atoms with Gasteiger partial charge in [0.2, 0.25) is 0 Å². The molecule has 3 rings (SSSR count). The summed E-state index contributed by atoms with van der Waals surface area (Å²) in [6, 6.07) is 6.59. The molecule has 0 bridgehead atoms. The molecule has 2 nitrogen and oxygen atoms in total. The topological polar surface area (TPSA) is 21.3 Å². The maximum absolute atomic E-state index is 5.47. The Balaban J connectivity index is 1.92. The zero-order valence-corrected chi connectivity index (χ0v) is 9.29. The molecular formula is C13H17NO. The summed E-state index contributed by atoms with van der Waals surface area (Å²) in [5.41, 5.74) is 2.69. The third-order valence-corrected chi connectivity index (χ3v) is 3.84. The van der Waals surface area contributed by atoms with Crippen LogP contribution in [0.3, 0.4) is 0 Å². The lowest BCUT2D eigenvalue weighted by molar-refractivity contribution is 0.407. The van der Waals surface area contributed by atoms with Gasteiger partial charge in [-0.05, 0) is 55.0 Å². The summed E-state index contributed by atoms with van der Waals surface area (Å²) in [5, 5.41) is 3.43. The number of hydrogen-bond acceptors (Lipinski definition) is 2. The number of methoxy groups -OCH3 is 1. The van der Waals surface area contributed by atoms with Crippen molar-refractivity contribution in [1.29, 1.82) is 0 Å². The Labute approximate surface area is 90.6 Å². The van der Waals surface area contributed by atoms with Crippen molar-refractivity contribution in [3.8, 4) is 5.75 Å². The Bertz CT molecular complexity index is 378. The fourth-order valence-corrected chi connectivity index (χ4v) is 2.97. The monoisotopic (exact) mass is 203 g/mol. The Kier molecular flexibility index (Phi) is 1.99. The van der Waals surface area contributed by atoms with E-state index in [1.807, 2.05) is 0 Å². The van der Waals surface area contributed by atoms with E-state index in [-0.39, 0.29) is 0 Å². The Hall–Kier alpha value is -1.02. The van der Waals surface area contributed by atoms with Crippen LogP contribution in [0.5, 0.6) is 5.75 Å². The summed E-state index contributed by atoms with van der Waals surface area (Å²) in [4.78, 5) is 0. The third-order valence-electron chi connectivity index (χ3n) is 3.84. The highest BCUT2D eigenvalue weighted by atomic mass is 16.5. The summed E-state index contributed by atoms with van der Waals surface area (Å²) in [6.45, 7) is 4.49. The smallest absolute Gasteiger partial charge is 0.122 e. The van der Waals surface area contributed by atoms with Gasteiger partial charge in [-0.3, -0.25) is 0 Å². The summed E-state index contributed by atoms with van der Waals surface area (Å²) < 4.78 is 5.47. The predicted molar refractivity (Wildman–Crippen MR) is 60.3 cm³/mol. The van der Waals surface area contributed by atoms with Crippen molar-refractivity contribution in [2.24, 2.45) is 11.8 Å². The molecule has 1 aliphatic heterocycles. The quantitative estimate of drug-likeness (QED) is 0.793. The van der Waals surface area contributed by atoms with Gasteiger partial charge in [-0.25, -0.2) is 0 Å². The highest BCUT2D eigenvalue weighted by molar-refractivity contribution is 5.44. The molecule has 0 aromatic heterocycles. The molecule has 15 heavy (non-hydrogen) atoms. The second kappa shape index (κ2) is 3.24. The van der Waals surface area contributed by atoms with E-state index in [1.54, 1.807) is 7.11 Å².